The van der Waals surface area contributed by atoms with Crippen molar-refractivity contribution >= 4 is 17.4 Å². The summed E-state index contributed by atoms with van der Waals surface area (Å²) in [6, 6.07) is 13.0. The highest BCUT2D eigenvalue weighted by molar-refractivity contribution is 6.46. The summed E-state index contributed by atoms with van der Waals surface area (Å²) in [7, 11) is 0. The van der Waals surface area contributed by atoms with Crippen molar-refractivity contribution in [3.8, 4) is 5.75 Å². The summed E-state index contributed by atoms with van der Waals surface area (Å²) >= 11 is 0. The molecule has 1 aliphatic rings. The first-order valence-corrected chi connectivity index (χ1v) is 12.7. The van der Waals surface area contributed by atoms with E-state index >= 15 is 0 Å². The first-order valence-electron chi connectivity index (χ1n) is 12.7. The number of aryl methyl sites for hydroxylation is 1. The number of benzene rings is 2. The molecule has 0 saturated carbocycles. The van der Waals surface area contributed by atoms with Crippen LogP contribution in [0.2, 0.25) is 0 Å². The van der Waals surface area contributed by atoms with E-state index in [1.165, 1.54) is 0 Å². The van der Waals surface area contributed by atoms with Crippen molar-refractivity contribution in [3.05, 3.63) is 70.8 Å². The Kier molecular flexibility index (Phi) is 9.49. The zero-order valence-electron chi connectivity index (χ0n) is 21.2. The third-order valence-electron chi connectivity index (χ3n) is 6.58. The predicted molar refractivity (Wildman–Crippen MR) is 139 cm³/mol. The van der Waals surface area contributed by atoms with Crippen LogP contribution in [0.4, 0.5) is 0 Å². The lowest BCUT2D eigenvalue weighted by molar-refractivity contribution is -0.140. The zero-order valence-corrected chi connectivity index (χ0v) is 21.2. The highest BCUT2D eigenvalue weighted by atomic mass is 16.3. The number of hydrogen-bond donors (Lipinski definition) is 2. The predicted octanol–water partition coefficient (Wildman–Crippen LogP) is 5.41. The van der Waals surface area contributed by atoms with Crippen molar-refractivity contribution in [2.24, 2.45) is 0 Å². The van der Waals surface area contributed by atoms with Crippen molar-refractivity contribution < 1.29 is 19.8 Å². The summed E-state index contributed by atoms with van der Waals surface area (Å²) in [6.45, 7) is 9.59. The van der Waals surface area contributed by atoms with Crippen LogP contribution in [0.5, 0.6) is 5.75 Å². The van der Waals surface area contributed by atoms with Crippen LogP contribution >= 0.6 is 0 Å². The van der Waals surface area contributed by atoms with Gasteiger partial charge in [-0.05, 0) is 63.5 Å². The standard InChI is InChI=1S/C29H38N2O4/c1-4-6-16-30(17-7-5-2)18-9-19-31-26(23-10-8-11-24(32)20-23)25(28(34)29(31)35)27(33)22-14-12-21(3)13-15-22/h8,10-15,20,26,32-33H,4-7,9,16-19H2,1-3H3/b27-25+. The molecule has 2 N–H and O–H groups in total. The number of amides is 1. The maximum Gasteiger partial charge on any atom is 0.295 e. The van der Waals surface area contributed by atoms with Crippen LogP contribution in [0.1, 0.15) is 68.7 Å². The van der Waals surface area contributed by atoms with E-state index < -0.39 is 17.7 Å². The average molecular weight is 479 g/mol. The molecule has 1 atom stereocenters. The molecule has 0 aromatic heterocycles. The summed E-state index contributed by atoms with van der Waals surface area (Å²) in [5.41, 5.74) is 2.19. The van der Waals surface area contributed by atoms with E-state index in [1.807, 2.05) is 19.1 Å². The van der Waals surface area contributed by atoms with Gasteiger partial charge in [0.1, 0.15) is 11.5 Å². The molecule has 2 aromatic carbocycles. The molecule has 188 valence electrons. The summed E-state index contributed by atoms with van der Waals surface area (Å²) in [5.74, 6) is -1.44. The maximum absolute atomic E-state index is 13.2. The van der Waals surface area contributed by atoms with Gasteiger partial charge in [0.15, 0.2) is 0 Å². The molecule has 0 spiro atoms. The number of aromatic hydroxyl groups is 1. The quantitative estimate of drug-likeness (QED) is 0.242. The number of rotatable bonds is 12. The third-order valence-corrected chi connectivity index (χ3v) is 6.58. The number of Topliss-reactive ketones (excluding diaryl/α,β-unsaturated/α-hetero) is 1. The van der Waals surface area contributed by atoms with Crippen LogP contribution in [-0.2, 0) is 9.59 Å². The minimum atomic E-state index is -0.747. The van der Waals surface area contributed by atoms with E-state index in [-0.39, 0.29) is 17.1 Å². The van der Waals surface area contributed by atoms with Crippen molar-refractivity contribution in [1.29, 1.82) is 0 Å². The van der Waals surface area contributed by atoms with Gasteiger partial charge in [-0.25, -0.2) is 0 Å². The number of carbonyl (C=O) groups excluding carboxylic acids is 2. The first kappa shape index (κ1) is 26.5. The van der Waals surface area contributed by atoms with Crippen LogP contribution in [0, 0.1) is 6.92 Å². The number of phenols is 1. The van der Waals surface area contributed by atoms with Crippen molar-refractivity contribution in [2.45, 2.75) is 58.9 Å². The van der Waals surface area contributed by atoms with E-state index in [2.05, 4.69) is 18.7 Å². The number of unbranched alkanes of at least 4 members (excludes halogenated alkanes) is 2. The summed E-state index contributed by atoms with van der Waals surface area (Å²) in [6.07, 6.45) is 5.25. The monoisotopic (exact) mass is 478 g/mol. The average Bonchev–Trinajstić information content (AvgIpc) is 3.10. The van der Waals surface area contributed by atoms with Crippen LogP contribution in [0.15, 0.2) is 54.1 Å². The number of ketones is 1. The summed E-state index contributed by atoms with van der Waals surface area (Å²) < 4.78 is 0. The number of phenolic OH excluding ortho intramolecular Hbond substituents is 1. The van der Waals surface area contributed by atoms with Gasteiger partial charge in [-0.15, -0.1) is 0 Å². The van der Waals surface area contributed by atoms with Gasteiger partial charge in [0.2, 0.25) is 0 Å². The normalized spacial score (nSPS) is 17.5. The molecule has 3 rings (SSSR count). The first-order chi connectivity index (χ1) is 16.9. The molecule has 6 nitrogen and oxygen atoms in total. The molecule has 0 radical (unpaired) electrons. The number of likely N-dealkylation sites (tertiary alicyclic amines) is 1. The second-order valence-electron chi connectivity index (χ2n) is 9.36. The van der Waals surface area contributed by atoms with Gasteiger partial charge < -0.3 is 20.0 Å². The molecule has 1 aliphatic heterocycles. The molecule has 2 aromatic rings. The van der Waals surface area contributed by atoms with Crippen LogP contribution < -0.4 is 0 Å². The summed E-state index contributed by atoms with van der Waals surface area (Å²) in [4.78, 5) is 30.3. The number of aliphatic hydroxyl groups is 1. The fourth-order valence-electron chi connectivity index (χ4n) is 4.58. The molecular formula is C29H38N2O4. The smallest absolute Gasteiger partial charge is 0.295 e. The fourth-order valence-corrected chi connectivity index (χ4v) is 4.58. The second kappa shape index (κ2) is 12.5. The Hall–Kier alpha value is -3.12. The maximum atomic E-state index is 13.2. The molecule has 1 saturated heterocycles. The molecule has 1 heterocycles. The third kappa shape index (κ3) is 6.51. The molecule has 1 amide bonds. The van der Waals surface area contributed by atoms with Crippen molar-refractivity contribution in [3.63, 3.8) is 0 Å². The lowest BCUT2D eigenvalue weighted by Gasteiger charge is -2.27. The molecule has 6 heteroatoms. The minimum Gasteiger partial charge on any atom is -0.508 e. The van der Waals surface area contributed by atoms with E-state index in [9.17, 15) is 19.8 Å². The number of nitrogens with zero attached hydrogens (tertiary/aromatic N) is 2. The van der Waals surface area contributed by atoms with Gasteiger partial charge in [-0.3, -0.25) is 9.59 Å². The van der Waals surface area contributed by atoms with Crippen molar-refractivity contribution in [1.82, 2.24) is 9.80 Å². The van der Waals surface area contributed by atoms with Crippen molar-refractivity contribution in [2.75, 3.05) is 26.2 Å². The zero-order chi connectivity index (χ0) is 25.4. The van der Waals surface area contributed by atoms with Gasteiger partial charge in [0.05, 0.1) is 11.6 Å². The Morgan fingerprint density at radius 1 is 0.943 bits per heavy atom. The molecule has 35 heavy (non-hydrogen) atoms. The Bertz CT molecular complexity index is 1040. The van der Waals surface area contributed by atoms with Gasteiger partial charge in [0, 0.05) is 12.1 Å². The van der Waals surface area contributed by atoms with E-state index in [0.717, 1.165) is 57.3 Å². The Balaban J connectivity index is 1.91. The minimum absolute atomic E-state index is 0.0498. The lowest BCUT2D eigenvalue weighted by Crippen LogP contribution is -2.34. The van der Waals surface area contributed by atoms with Crippen LogP contribution in [0.25, 0.3) is 5.76 Å². The van der Waals surface area contributed by atoms with Gasteiger partial charge in [-0.1, -0.05) is 68.7 Å². The fraction of sp³-hybridized carbons (Fsp3) is 0.448. The molecule has 0 aliphatic carbocycles. The molecule has 0 bridgehead atoms. The van der Waals surface area contributed by atoms with Crippen LogP contribution in [-0.4, -0.2) is 57.9 Å². The molecule has 1 unspecified atom stereocenters. The highest BCUT2D eigenvalue weighted by Crippen LogP contribution is 2.40. The van der Waals surface area contributed by atoms with E-state index in [4.69, 9.17) is 0 Å². The number of aliphatic hydroxyl groups excluding tert-OH is 1. The van der Waals surface area contributed by atoms with E-state index in [1.54, 1.807) is 41.3 Å². The largest absolute Gasteiger partial charge is 0.508 e. The van der Waals surface area contributed by atoms with Crippen LogP contribution in [0.3, 0.4) is 0 Å². The second-order valence-corrected chi connectivity index (χ2v) is 9.36. The topological polar surface area (TPSA) is 81.1 Å². The van der Waals surface area contributed by atoms with E-state index in [0.29, 0.717) is 17.7 Å². The van der Waals surface area contributed by atoms with Gasteiger partial charge in [0.25, 0.3) is 11.7 Å². The lowest BCUT2D eigenvalue weighted by atomic mass is 9.95. The Morgan fingerprint density at radius 2 is 1.57 bits per heavy atom. The van der Waals surface area contributed by atoms with Gasteiger partial charge in [-0.2, -0.15) is 0 Å². The highest BCUT2D eigenvalue weighted by Gasteiger charge is 2.45. The SMILES string of the molecule is CCCCN(CCCC)CCCN1C(=O)C(=O)/C(=C(/O)c2ccc(C)cc2)C1c1cccc(O)c1. The molecular weight excluding hydrogens is 440 g/mol. The molecule has 1 fully saturated rings. The Morgan fingerprint density at radius 3 is 2.17 bits per heavy atom. The number of carbonyl (C=O) groups is 2. The Labute approximate surface area is 208 Å². The van der Waals surface area contributed by atoms with Gasteiger partial charge >= 0.3 is 0 Å². The number of hydrogen-bond acceptors (Lipinski definition) is 5. The summed E-state index contributed by atoms with van der Waals surface area (Å²) in [5, 5.41) is 21.2.